The van der Waals surface area contributed by atoms with Crippen molar-refractivity contribution < 1.29 is 9.59 Å². The number of hydrogen-bond acceptors (Lipinski definition) is 3. The molecule has 0 saturated carbocycles. The summed E-state index contributed by atoms with van der Waals surface area (Å²) in [5.74, 6) is -0.210. The van der Waals surface area contributed by atoms with E-state index in [9.17, 15) is 14.4 Å². The Balaban J connectivity index is 1.91. The van der Waals surface area contributed by atoms with E-state index in [0.717, 1.165) is 37.7 Å². The van der Waals surface area contributed by atoms with Gasteiger partial charge in [-0.05, 0) is 36.6 Å². The standard InChI is InChI=1S/C29H36ClN3O3/c1-4-5-6-7-11-14-26(35)32(19-21(2)3)20-25(34)27-28(22-12-9-8-10-13-22)31-33(29(27)36)24-17-15-23(30)16-18-24/h8-10,12-13,15-18,21,31H,4-7,11,14,19-20H2,1-3H3. The number of aromatic amines is 1. The number of nitrogens with zero attached hydrogens (tertiary/aromatic N) is 2. The zero-order valence-electron chi connectivity index (χ0n) is 21.4. The number of unbranched alkanes of at least 4 members (excludes halogenated alkanes) is 4. The average Bonchev–Trinajstić information content (AvgIpc) is 3.21. The molecule has 0 saturated heterocycles. The van der Waals surface area contributed by atoms with Crippen molar-refractivity contribution in [2.75, 3.05) is 13.1 Å². The van der Waals surface area contributed by atoms with Gasteiger partial charge in [0, 0.05) is 23.6 Å². The smallest absolute Gasteiger partial charge is 0.282 e. The number of Topliss-reactive ketones (excluding diaryl/α,β-unsaturated/α-hetero) is 1. The van der Waals surface area contributed by atoms with E-state index in [0.29, 0.717) is 29.4 Å². The van der Waals surface area contributed by atoms with Gasteiger partial charge in [0.2, 0.25) is 5.91 Å². The lowest BCUT2D eigenvalue weighted by Crippen LogP contribution is -2.39. The van der Waals surface area contributed by atoms with Crippen LogP contribution in [0.3, 0.4) is 0 Å². The Kier molecular flexibility index (Phi) is 10.1. The van der Waals surface area contributed by atoms with Crippen LogP contribution in [0.25, 0.3) is 16.9 Å². The van der Waals surface area contributed by atoms with E-state index in [1.807, 2.05) is 44.2 Å². The lowest BCUT2D eigenvalue weighted by Gasteiger charge is -2.24. The Labute approximate surface area is 218 Å². The molecule has 0 aliphatic carbocycles. The number of H-pyrrole nitrogens is 1. The number of hydrogen-bond donors (Lipinski definition) is 1. The molecular formula is C29H36ClN3O3. The van der Waals surface area contributed by atoms with Crippen LogP contribution in [0, 0.1) is 5.92 Å². The molecule has 1 N–H and O–H groups in total. The second kappa shape index (κ2) is 13.3. The first kappa shape index (κ1) is 27.5. The maximum absolute atomic E-state index is 13.6. The molecule has 36 heavy (non-hydrogen) atoms. The van der Waals surface area contributed by atoms with Crippen LogP contribution in [0.4, 0.5) is 0 Å². The van der Waals surface area contributed by atoms with Crippen molar-refractivity contribution in [1.29, 1.82) is 0 Å². The number of halogens is 1. The molecule has 0 aliphatic heterocycles. The van der Waals surface area contributed by atoms with E-state index in [1.54, 1.807) is 29.2 Å². The van der Waals surface area contributed by atoms with E-state index in [2.05, 4.69) is 12.0 Å². The SMILES string of the molecule is CCCCCCCC(=O)N(CC(=O)c1c(-c2ccccc2)[nH]n(-c2ccc(Cl)cc2)c1=O)CC(C)C. The van der Waals surface area contributed by atoms with Gasteiger partial charge in [-0.3, -0.25) is 19.5 Å². The van der Waals surface area contributed by atoms with Crippen LogP contribution < -0.4 is 5.56 Å². The summed E-state index contributed by atoms with van der Waals surface area (Å²) in [5.41, 5.74) is 1.35. The van der Waals surface area contributed by atoms with Crippen molar-refractivity contribution in [3.05, 3.63) is 75.5 Å². The average molecular weight is 510 g/mol. The summed E-state index contributed by atoms with van der Waals surface area (Å²) >= 11 is 6.02. The molecule has 6 nitrogen and oxygen atoms in total. The lowest BCUT2D eigenvalue weighted by molar-refractivity contribution is -0.131. The number of carbonyl (C=O) groups excluding carboxylic acids is 2. The fraction of sp³-hybridized carbons (Fsp3) is 0.414. The molecule has 0 aliphatic rings. The molecule has 0 fully saturated rings. The third kappa shape index (κ3) is 7.20. The van der Waals surface area contributed by atoms with Gasteiger partial charge in [0.1, 0.15) is 5.56 Å². The van der Waals surface area contributed by atoms with Gasteiger partial charge in [-0.15, -0.1) is 0 Å². The second-order valence-electron chi connectivity index (χ2n) is 9.60. The van der Waals surface area contributed by atoms with Gasteiger partial charge in [-0.2, -0.15) is 0 Å². The van der Waals surface area contributed by atoms with E-state index in [1.165, 1.54) is 4.68 Å². The zero-order valence-corrected chi connectivity index (χ0v) is 22.2. The fourth-order valence-corrected chi connectivity index (χ4v) is 4.39. The molecule has 0 atom stereocenters. The molecule has 3 rings (SSSR count). The minimum absolute atomic E-state index is 0.0385. The van der Waals surface area contributed by atoms with Gasteiger partial charge in [0.05, 0.1) is 17.9 Å². The van der Waals surface area contributed by atoms with Crippen LogP contribution in [-0.2, 0) is 4.79 Å². The molecular weight excluding hydrogens is 474 g/mol. The second-order valence-corrected chi connectivity index (χ2v) is 10.0. The van der Waals surface area contributed by atoms with Crippen LogP contribution in [0.15, 0.2) is 59.4 Å². The molecule has 3 aromatic rings. The molecule has 1 amide bonds. The molecule has 7 heteroatoms. The van der Waals surface area contributed by atoms with E-state index in [4.69, 9.17) is 11.6 Å². The Hall–Kier alpha value is -3.12. The van der Waals surface area contributed by atoms with E-state index in [-0.39, 0.29) is 29.7 Å². The molecule has 0 spiro atoms. The van der Waals surface area contributed by atoms with Crippen molar-refractivity contribution in [3.8, 4) is 16.9 Å². The molecule has 0 radical (unpaired) electrons. The Morgan fingerprint density at radius 2 is 1.64 bits per heavy atom. The summed E-state index contributed by atoms with van der Waals surface area (Å²) in [6.07, 6.45) is 5.65. The summed E-state index contributed by atoms with van der Waals surface area (Å²) in [5, 5.41) is 3.67. The summed E-state index contributed by atoms with van der Waals surface area (Å²) in [4.78, 5) is 41.8. The van der Waals surface area contributed by atoms with Gasteiger partial charge >= 0.3 is 0 Å². The summed E-state index contributed by atoms with van der Waals surface area (Å²) < 4.78 is 1.36. The highest BCUT2D eigenvalue weighted by atomic mass is 35.5. The molecule has 2 aromatic carbocycles. The van der Waals surface area contributed by atoms with Crippen molar-refractivity contribution in [2.45, 2.75) is 59.3 Å². The molecule has 0 unspecified atom stereocenters. The van der Waals surface area contributed by atoms with Crippen LogP contribution in [-0.4, -0.2) is 39.5 Å². The topological polar surface area (TPSA) is 75.2 Å². The largest absolute Gasteiger partial charge is 0.335 e. The minimum atomic E-state index is -0.447. The lowest BCUT2D eigenvalue weighted by atomic mass is 10.0. The Bertz CT molecular complexity index is 1200. The highest BCUT2D eigenvalue weighted by Gasteiger charge is 2.26. The molecule has 1 aromatic heterocycles. The number of benzene rings is 2. The minimum Gasteiger partial charge on any atom is -0.335 e. The molecule has 192 valence electrons. The normalized spacial score (nSPS) is 11.1. The number of amides is 1. The van der Waals surface area contributed by atoms with E-state index < -0.39 is 5.56 Å². The highest BCUT2D eigenvalue weighted by molar-refractivity contribution is 6.30. The Morgan fingerprint density at radius 1 is 0.972 bits per heavy atom. The summed E-state index contributed by atoms with van der Waals surface area (Å²) in [7, 11) is 0. The number of ketones is 1. The maximum Gasteiger partial charge on any atom is 0.282 e. The van der Waals surface area contributed by atoms with E-state index >= 15 is 0 Å². The van der Waals surface area contributed by atoms with Crippen molar-refractivity contribution >= 4 is 23.3 Å². The van der Waals surface area contributed by atoms with Gasteiger partial charge < -0.3 is 4.90 Å². The summed E-state index contributed by atoms with van der Waals surface area (Å²) in [6, 6.07) is 16.1. The van der Waals surface area contributed by atoms with Crippen LogP contribution in [0.2, 0.25) is 5.02 Å². The number of aromatic nitrogens is 2. The predicted octanol–water partition coefficient (Wildman–Crippen LogP) is 6.51. The maximum atomic E-state index is 13.6. The monoisotopic (exact) mass is 509 g/mol. The van der Waals surface area contributed by atoms with Crippen molar-refractivity contribution in [1.82, 2.24) is 14.7 Å². The number of nitrogens with one attached hydrogen (secondary N) is 1. The highest BCUT2D eigenvalue weighted by Crippen LogP contribution is 2.22. The third-order valence-electron chi connectivity index (χ3n) is 6.08. The first-order valence-electron chi connectivity index (χ1n) is 12.8. The fourth-order valence-electron chi connectivity index (χ4n) is 4.27. The van der Waals surface area contributed by atoms with Gasteiger partial charge in [-0.25, -0.2) is 4.68 Å². The molecule has 1 heterocycles. The van der Waals surface area contributed by atoms with Gasteiger partial charge in [0.15, 0.2) is 5.78 Å². The first-order chi connectivity index (χ1) is 17.3. The number of rotatable bonds is 13. The predicted molar refractivity (Wildman–Crippen MR) is 146 cm³/mol. The van der Waals surface area contributed by atoms with Crippen molar-refractivity contribution in [3.63, 3.8) is 0 Å². The van der Waals surface area contributed by atoms with Crippen LogP contribution in [0.1, 0.15) is 69.7 Å². The molecule has 0 bridgehead atoms. The van der Waals surface area contributed by atoms with Crippen LogP contribution in [0.5, 0.6) is 0 Å². The zero-order chi connectivity index (χ0) is 26.1. The van der Waals surface area contributed by atoms with Crippen molar-refractivity contribution in [2.24, 2.45) is 5.92 Å². The Morgan fingerprint density at radius 3 is 2.28 bits per heavy atom. The van der Waals surface area contributed by atoms with Crippen LogP contribution >= 0.6 is 11.6 Å². The number of carbonyl (C=O) groups is 2. The third-order valence-corrected chi connectivity index (χ3v) is 6.34. The summed E-state index contributed by atoms with van der Waals surface area (Å²) in [6.45, 7) is 6.54. The van der Waals surface area contributed by atoms with Gasteiger partial charge in [0.25, 0.3) is 5.56 Å². The van der Waals surface area contributed by atoms with Gasteiger partial charge in [-0.1, -0.05) is 88.4 Å². The first-order valence-corrected chi connectivity index (χ1v) is 13.2. The quantitative estimate of drug-likeness (QED) is 0.211.